The summed E-state index contributed by atoms with van der Waals surface area (Å²) in [6, 6.07) is 14.4. The van der Waals surface area contributed by atoms with Gasteiger partial charge in [0.2, 0.25) is 0 Å². The maximum atomic E-state index is 12.8. The van der Waals surface area contributed by atoms with Crippen LogP contribution in [-0.2, 0) is 19.0 Å². The number of benzene rings is 2. The Labute approximate surface area is 161 Å². The van der Waals surface area contributed by atoms with Gasteiger partial charge in [0, 0.05) is 17.7 Å². The predicted molar refractivity (Wildman–Crippen MR) is 101 cm³/mol. The molecule has 1 amide bonds. The zero-order chi connectivity index (χ0) is 20.1. The van der Waals surface area contributed by atoms with Gasteiger partial charge in [-0.3, -0.25) is 4.79 Å². The normalized spacial score (nSPS) is 11.4. The van der Waals surface area contributed by atoms with E-state index in [0.717, 1.165) is 17.7 Å². The second-order valence-corrected chi connectivity index (χ2v) is 6.39. The van der Waals surface area contributed by atoms with E-state index >= 15 is 0 Å². The third-order valence-corrected chi connectivity index (χ3v) is 4.49. The van der Waals surface area contributed by atoms with Gasteiger partial charge >= 0.3 is 6.18 Å². The monoisotopic (exact) mass is 387 g/mol. The van der Waals surface area contributed by atoms with Crippen molar-refractivity contribution in [3.8, 4) is 11.3 Å². The summed E-state index contributed by atoms with van der Waals surface area (Å²) in [6.07, 6.45) is -1.67. The fourth-order valence-electron chi connectivity index (χ4n) is 2.98. The number of nitrogens with one attached hydrogen (secondary N) is 1. The highest BCUT2D eigenvalue weighted by Crippen LogP contribution is 2.33. The molecule has 2 aromatic carbocycles. The summed E-state index contributed by atoms with van der Waals surface area (Å²) in [7, 11) is 0. The minimum Gasteiger partial charge on any atom is -0.463 e. The number of amides is 1. The molecule has 0 saturated carbocycles. The minimum absolute atomic E-state index is 0.280. The van der Waals surface area contributed by atoms with E-state index in [-0.39, 0.29) is 11.7 Å². The van der Waals surface area contributed by atoms with E-state index in [9.17, 15) is 18.0 Å². The molecule has 0 aliphatic heterocycles. The van der Waals surface area contributed by atoms with Crippen LogP contribution in [0.25, 0.3) is 11.3 Å². The fraction of sp³-hybridized carbons (Fsp3) is 0.227. The van der Waals surface area contributed by atoms with E-state index in [2.05, 4.69) is 5.32 Å². The van der Waals surface area contributed by atoms with Crippen molar-refractivity contribution in [3.63, 3.8) is 0 Å². The van der Waals surface area contributed by atoms with Crippen LogP contribution in [0.1, 0.15) is 34.0 Å². The topological polar surface area (TPSA) is 42.2 Å². The van der Waals surface area contributed by atoms with Gasteiger partial charge in [-0.05, 0) is 30.5 Å². The van der Waals surface area contributed by atoms with E-state index < -0.39 is 11.7 Å². The molecule has 0 fully saturated rings. The van der Waals surface area contributed by atoms with Crippen LogP contribution in [0.3, 0.4) is 0 Å². The smallest absolute Gasteiger partial charge is 0.416 e. The zero-order valence-corrected chi connectivity index (χ0v) is 15.3. The number of furan rings is 1. The molecule has 0 saturated heterocycles. The van der Waals surface area contributed by atoms with Crippen LogP contribution in [0.4, 0.5) is 13.2 Å². The Balaban J connectivity index is 1.79. The molecule has 0 radical (unpaired) electrons. The van der Waals surface area contributed by atoms with Gasteiger partial charge in [-0.25, -0.2) is 0 Å². The summed E-state index contributed by atoms with van der Waals surface area (Å²) < 4.78 is 43.9. The molecule has 0 aliphatic rings. The van der Waals surface area contributed by atoms with Gasteiger partial charge in [-0.15, -0.1) is 0 Å². The lowest BCUT2D eigenvalue weighted by atomic mass is 10.0. The number of halogens is 3. The lowest BCUT2D eigenvalue weighted by Crippen LogP contribution is -2.26. The highest BCUT2D eigenvalue weighted by molar-refractivity contribution is 6.01. The molecular weight excluding hydrogens is 367 g/mol. The minimum atomic E-state index is -4.41. The molecule has 146 valence electrons. The summed E-state index contributed by atoms with van der Waals surface area (Å²) in [5, 5.41) is 2.88. The average molecular weight is 387 g/mol. The van der Waals surface area contributed by atoms with Crippen LogP contribution in [0.5, 0.6) is 0 Å². The van der Waals surface area contributed by atoms with Gasteiger partial charge < -0.3 is 9.73 Å². The molecule has 1 aromatic heterocycles. The number of aryl methyl sites for hydroxylation is 1. The summed E-state index contributed by atoms with van der Waals surface area (Å²) in [5.74, 6) is -0.0146. The number of hydrogen-bond acceptors (Lipinski definition) is 2. The van der Waals surface area contributed by atoms with Crippen molar-refractivity contribution in [2.45, 2.75) is 25.9 Å². The Morgan fingerprint density at radius 1 is 1.04 bits per heavy atom. The highest BCUT2D eigenvalue weighted by Gasteiger charge is 2.30. The summed E-state index contributed by atoms with van der Waals surface area (Å²) in [6.45, 7) is 2.34. The van der Waals surface area contributed by atoms with E-state index in [1.54, 1.807) is 0 Å². The van der Waals surface area contributed by atoms with Crippen LogP contribution in [0.15, 0.2) is 65.3 Å². The molecule has 0 unspecified atom stereocenters. The first-order valence-corrected chi connectivity index (χ1v) is 9.00. The molecule has 3 rings (SSSR count). The molecule has 3 nitrogen and oxygen atoms in total. The Hall–Kier alpha value is -3.02. The average Bonchev–Trinajstić information content (AvgIpc) is 3.12. The van der Waals surface area contributed by atoms with Crippen molar-refractivity contribution in [3.05, 3.63) is 83.1 Å². The first-order valence-electron chi connectivity index (χ1n) is 9.00. The zero-order valence-electron chi connectivity index (χ0n) is 15.3. The molecule has 1 heterocycles. The van der Waals surface area contributed by atoms with Gasteiger partial charge in [0.25, 0.3) is 5.91 Å². The number of rotatable bonds is 6. The van der Waals surface area contributed by atoms with Crippen molar-refractivity contribution in [2.24, 2.45) is 0 Å². The molecule has 0 spiro atoms. The molecule has 0 bridgehead atoms. The van der Waals surface area contributed by atoms with Crippen molar-refractivity contribution in [1.29, 1.82) is 0 Å². The third-order valence-electron chi connectivity index (χ3n) is 4.49. The van der Waals surface area contributed by atoms with Crippen LogP contribution in [0.2, 0.25) is 0 Å². The largest absolute Gasteiger partial charge is 0.463 e. The number of carbonyl (C=O) groups excluding carboxylic acids is 1. The predicted octanol–water partition coefficient (Wildman–Crippen LogP) is 5.50. The van der Waals surface area contributed by atoms with Gasteiger partial charge in [0.15, 0.2) is 0 Å². The SMILES string of the molecule is CCc1coc(-c2ccc(C(F)(F)F)cc2)c1C(=O)NCCc1ccccc1. The maximum Gasteiger partial charge on any atom is 0.416 e. The van der Waals surface area contributed by atoms with E-state index in [4.69, 9.17) is 4.42 Å². The summed E-state index contributed by atoms with van der Waals surface area (Å²) >= 11 is 0. The summed E-state index contributed by atoms with van der Waals surface area (Å²) in [5.41, 5.74) is 1.88. The first-order chi connectivity index (χ1) is 13.4. The van der Waals surface area contributed by atoms with Gasteiger partial charge in [-0.2, -0.15) is 13.2 Å². The van der Waals surface area contributed by atoms with Crippen LogP contribution in [0, 0.1) is 0 Å². The van der Waals surface area contributed by atoms with E-state index in [1.807, 2.05) is 37.3 Å². The standard InChI is InChI=1S/C22H20F3NO2/c1-2-16-14-28-20(17-8-10-18(11-9-17)22(23,24)25)19(16)21(27)26-13-12-15-6-4-3-5-7-15/h3-11,14H,2,12-13H2,1H3,(H,26,27). The van der Waals surface area contributed by atoms with E-state index in [1.165, 1.54) is 18.4 Å². The molecule has 0 aliphatic carbocycles. The summed E-state index contributed by atoms with van der Waals surface area (Å²) in [4.78, 5) is 12.7. The number of alkyl halides is 3. The number of carbonyl (C=O) groups is 1. The van der Waals surface area contributed by atoms with Crippen molar-refractivity contribution in [1.82, 2.24) is 5.32 Å². The number of hydrogen-bond donors (Lipinski definition) is 1. The Kier molecular flexibility index (Phi) is 5.87. The van der Waals surface area contributed by atoms with Crippen LogP contribution >= 0.6 is 0 Å². The Morgan fingerprint density at radius 2 is 1.71 bits per heavy atom. The van der Waals surface area contributed by atoms with E-state index in [0.29, 0.717) is 36.1 Å². The molecular formula is C22H20F3NO2. The van der Waals surface area contributed by atoms with Crippen LogP contribution < -0.4 is 5.32 Å². The molecule has 3 aromatic rings. The van der Waals surface area contributed by atoms with Crippen molar-refractivity contribution < 1.29 is 22.4 Å². The molecule has 28 heavy (non-hydrogen) atoms. The van der Waals surface area contributed by atoms with Crippen LogP contribution in [-0.4, -0.2) is 12.5 Å². The quantitative estimate of drug-likeness (QED) is 0.607. The second kappa shape index (κ2) is 8.33. The van der Waals surface area contributed by atoms with Gasteiger partial charge in [0.1, 0.15) is 5.76 Å². The lowest BCUT2D eigenvalue weighted by molar-refractivity contribution is -0.137. The first kappa shape index (κ1) is 19.7. The van der Waals surface area contributed by atoms with Crippen molar-refractivity contribution in [2.75, 3.05) is 6.54 Å². The van der Waals surface area contributed by atoms with Crippen molar-refractivity contribution >= 4 is 5.91 Å². The highest BCUT2D eigenvalue weighted by atomic mass is 19.4. The molecule has 0 atom stereocenters. The molecule has 6 heteroatoms. The Morgan fingerprint density at radius 3 is 2.32 bits per heavy atom. The molecule has 1 N–H and O–H groups in total. The lowest BCUT2D eigenvalue weighted by Gasteiger charge is -2.09. The third kappa shape index (κ3) is 4.44. The van der Waals surface area contributed by atoms with Gasteiger partial charge in [0.05, 0.1) is 17.4 Å². The fourth-order valence-corrected chi connectivity index (χ4v) is 2.98. The maximum absolute atomic E-state index is 12.8. The van der Waals surface area contributed by atoms with Gasteiger partial charge in [-0.1, -0.05) is 49.4 Å². The second-order valence-electron chi connectivity index (χ2n) is 6.39. The Bertz CT molecular complexity index is 929.